The molecule has 1 aliphatic rings. The van der Waals surface area contributed by atoms with E-state index in [9.17, 15) is 4.79 Å². The molecule has 1 aromatic rings. The number of amides is 1. The van der Waals surface area contributed by atoms with Gasteiger partial charge in [0.1, 0.15) is 0 Å². The number of rotatable bonds is 8. The van der Waals surface area contributed by atoms with Crippen LogP contribution in [0.1, 0.15) is 64.0 Å². The van der Waals surface area contributed by atoms with Gasteiger partial charge in [-0.05, 0) is 67.7 Å². The summed E-state index contributed by atoms with van der Waals surface area (Å²) in [7, 11) is 0. The Morgan fingerprint density at radius 3 is 2.58 bits per heavy atom. The minimum absolute atomic E-state index is 0.212. The third-order valence-corrected chi connectivity index (χ3v) is 4.98. The molecule has 1 heterocycles. The molecule has 3 heteroatoms. The van der Waals surface area contributed by atoms with Crippen LogP contribution in [0.2, 0.25) is 0 Å². The first-order valence-corrected chi connectivity index (χ1v) is 9.52. The second-order valence-electron chi connectivity index (χ2n) is 8.15. The lowest BCUT2D eigenvalue weighted by molar-refractivity contribution is -0.121. The van der Waals surface area contributed by atoms with Crippen molar-refractivity contribution in [2.45, 2.75) is 64.7 Å². The molecule has 134 valence electrons. The SMILES string of the molecule is CC(C)(C)c1ccc(CCCCC(=O)NCCC2CCNC2)cc1. The zero-order valence-electron chi connectivity index (χ0n) is 15.7. The fraction of sp³-hybridized carbons (Fsp3) is 0.667. The molecule has 1 aromatic carbocycles. The molecule has 1 aliphatic heterocycles. The lowest BCUT2D eigenvalue weighted by atomic mass is 9.86. The van der Waals surface area contributed by atoms with E-state index in [1.807, 2.05) is 0 Å². The molecule has 0 aliphatic carbocycles. The van der Waals surface area contributed by atoms with Crippen molar-refractivity contribution >= 4 is 5.91 Å². The average molecular weight is 331 g/mol. The van der Waals surface area contributed by atoms with Crippen LogP contribution in [0.4, 0.5) is 0 Å². The number of carbonyl (C=O) groups excluding carboxylic acids is 1. The lowest BCUT2D eigenvalue weighted by Gasteiger charge is -2.19. The number of nitrogens with one attached hydrogen (secondary N) is 2. The molecule has 1 unspecified atom stereocenters. The molecule has 1 saturated heterocycles. The molecule has 0 aromatic heterocycles. The Bertz CT molecular complexity index is 496. The van der Waals surface area contributed by atoms with Crippen LogP contribution >= 0.6 is 0 Å². The van der Waals surface area contributed by atoms with Gasteiger partial charge in [-0.15, -0.1) is 0 Å². The second kappa shape index (κ2) is 9.22. The Morgan fingerprint density at radius 2 is 1.96 bits per heavy atom. The Labute approximate surface area is 147 Å². The average Bonchev–Trinajstić information content (AvgIpc) is 3.04. The molecule has 1 fully saturated rings. The van der Waals surface area contributed by atoms with Crippen molar-refractivity contribution in [1.82, 2.24) is 10.6 Å². The predicted molar refractivity (Wildman–Crippen MR) is 101 cm³/mol. The van der Waals surface area contributed by atoms with Crippen molar-refractivity contribution in [3.05, 3.63) is 35.4 Å². The van der Waals surface area contributed by atoms with Crippen LogP contribution in [0.3, 0.4) is 0 Å². The third-order valence-electron chi connectivity index (χ3n) is 4.98. The van der Waals surface area contributed by atoms with E-state index in [-0.39, 0.29) is 11.3 Å². The summed E-state index contributed by atoms with van der Waals surface area (Å²) in [5.74, 6) is 0.963. The van der Waals surface area contributed by atoms with E-state index in [0.717, 1.165) is 51.2 Å². The zero-order valence-corrected chi connectivity index (χ0v) is 15.7. The number of unbranched alkanes of at least 4 members (excludes halogenated alkanes) is 1. The minimum Gasteiger partial charge on any atom is -0.356 e. The number of benzene rings is 1. The summed E-state index contributed by atoms with van der Waals surface area (Å²) in [5, 5.41) is 6.43. The number of aryl methyl sites for hydroxylation is 1. The molecule has 1 atom stereocenters. The highest BCUT2D eigenvalue weighted by atomic mass is 16.1. The van der Waals surface area contributed by atoms with Crippen LogP contribution in [0.15, 0.2) is 24.3 Å². The molecule has 3 nitrogen and oxygen atoms in total. The summed E-state index contributed by atoms with van der Waals surface area (Å²) in [5.41, 5.74) is 2.96. The van der Waals surface area contributed by atoms with Crippen LogP contribution in [0.25, 0.3) is 0 Å². The van der Waals surface area contributed by atoms with Crippen LogP contribution in [0, 0.1) is 5.92 Å². The van der Waals surface area contributed by atoms with E-state index in [0.29, 0.717) is 6.42 Å². The molecule has 0 bridgehead atoms. The van der Waals surface area contributed by atoms with Gasteiger partial charge in [0, 0.05) is 13.0 Å². The van der Waals surface area contributed by atoms with Crippen molar-refractivity contribution in [3.63, 3.8) is 0 Å². The Hall–Kier alpha value is -1.35. The summed E-state index contributed by atoms with van der Waals surface area (Å²) >= 11 is 0. The molecular weight excluding hydrogens is 296 g/mol. The first-order valence-electron chi connectivity index (χ1n) is 9.52. The molecular formula is C21H34N2O. The predicted octanol–water partition coefficient (Wildman–Crippen LogP) is 3.81. The quantitative estimate of drug-likeness (QED) is 0.712. The molecule has 0 saturated carbocycles. The summed E-state index contributed by atoms with van der Waals surface area (Å²) in [6, 6.07) is 8.94. The molecule has 1 amide bonds. The van der Waals surface area contributed by atoms with Crippen molar-refractivity contribution in [2.75, 3.05) is 19.6 Å². The van der Waals surface area contributed by atoms with Crippen LogP contribution in [-0.2, 0) is 16.6 Å². The van der Waals surface area contributed by atoms with Gasteiger partial charge in [-0.2, -0.15) is 0 Å². The van der Waals surface area contributed by atoms with E-state index in [1.54, 1.807) is 0 Å². The van der Waals surface area contributed by atoms with Crippen LogP contribution < -0.4 is 10.6 Å². The standard InChI is InChI=1S/C21H34N2O/c1-21(2,3)19-10-8-17(9-11-19)6-4-5-7-20(24)23-15-13-18-12-14-22-16-18/h8-11,18,22H,4-7,12-16H2,1-3H3,(H,23,24). The largest absolute Gasteiger partial charge is 0.356 e. The summed E-state index contributed by atoms with van der Waals surface area (Å²) < 4.78 is 0. The highest BCUT2D eigenvalue weighted by Gasteiger charge is 2.14. The molecule has 2 rings (SSSR count). The fourth-order valence-electron chi connectivity index (χ4n) is 3.25. The lowest BCUT2D eigenvalue weighted by Crippen LogP contribution is -2.26. The molecule has 0 radical (unpaired) electrons. The Balaban J connectivity index is 1.56. The maximum absolute atomic E-state index is 11.9. The van der Waals surface area contributed by atoms with Crippen molar-refractivity contribution in [3.8, 4) is 0 Å². The Morgan fingerprint density at radius 1 is 1.21 bits per heavy atom. The maximum atomic E-state index is 11.9. The van der Waals surface area contributed by atoms with Gasteiger partial charge >= 0.3 is 0 Å². The van der Waals surface area contributed by atoms with E-state index in [1.165, 1.54) is 17.5 Å². The van der Waals surface area contributed by atoms with E-state index in [2.05, 4.69) is 55.7 Å². The van der Waals surface area contributed by atoms with Gasteiger partial charge in [-0.3, -0.25) is 4.79 Å². The first-order chi connectivity index (χ1) is 11.4. The Kier molecular flexibility index (Phi) is 7.29. The number of hydrogen-bond donors (Lipinski definition) is 2. The van der Waals surface area contributed by atoms with Gasteiger partial charge in [0.2, 0.25) is 5.91 Å². The second-order valence-corrected chi connectivity index (χ2v) is 8.15. The van der Waals surface area contributed by atoms with Gasteiger partial charge < -0.3 is 10.6 Å². The smallest absolute Gasteiger partial charge is 0.219 e. The zero-order chi connectivity index (χ0) is 17.4. The van der Waals surface area contributed by atoms with Crippen LogP contribution in [-0.4, -0.2) is 25.5 Å². The summed E-state index contributed by atoms with van der Waals surface area (Å²) in [6.07, 6.45) is 6.13. The van der Waals surface area contributed by atoms with Crippen molar-refractivity contribution < 1.29 is 4.79 Å². The number of hydrogen-bond acceptors (Lipinski definition) is 2. The van der Waals surface area contributed by atoms with Crippen LogP contribution in [0.5, 0.6) is 0 Å². The monoisotopic (exact) mass is 330 g/mol. The molecule has 0 spiro atoms. The normalized spacial score (nSPS) is 17.9. The van der Waals surface area contributed by atoms with Gasteiger partial charge in [0.15, 0.2) is 0 Å². The van der Waals surface area contributed by atoms with Gasteiger partial charge in [-0.1, -0.05) is 45.0 Å². The summed E-state index contributed by atoms with van der Waals surface area (Å²) in [6.45, 7) is 9.80. The highest BCUT2D eigenvalue weighted by Crippen LogP contribution is 2.22. The van der Waals surface area contributed by atoms with Crippen molar-refractivity contribution in [2.24, 2.45) is 5.92 Å². The molecule has 24 heavy (non-hydrogen) atoms. The topological polar surface area (TPSA) is 41.1 Å². The first kappa shape index (κ1) is 19.0. The van der Waals surface area contributed by atoms with E-state index < -0.39 is 0 Å². The van der Waals surface area contributed by atoms with Gasteiger partial charge in [0.05, 0.1) is 0 Å². The van der Waals surface area contributed by atoms with Crippen molar-refractivity contribution in [1.29, 1.82) is 0 Å². The third kappa shape index (κ3) is 6.64. The van der Waals surface area contributed by atoms with Gasteiger partial charge in [0.25, 0.3) is 0 Å². The van der Waals surface area contributed by atoms with E-state index in [4.69, 9.17) is 0 Å². The highest BCUT2D eigenvalue weighted by molar-refractivity contribution is 5.75. The van der Waals surface area contributed by atoms with E-state index >= 15 is 0 Å². The van der Waals surface area contributed by atoms with Gasteiger partial charge in [-0.25, -0.2) is 0 Å². The molecule has 2 N–H and O–H groups in total. The summed E-state index contributed by atoms with van der Waals surface area (Å²) in [4.78, 5) is 11.9. The fourth-order valence-corrected chi connectivity index (χ4v) is 3.25. The maximum Gasteiger partial charge on any atom is 0.219 e. The number of carbonyl (C=O) groups is 1. The minimum atomic E-state index is 0.212.